The number of methoxy groups -OCH3 is 1. The Kier molecular flexibility index (Phi) is 4.24. The fourth-order valence-corrected chi connectivity index (χ4v) is 5.61. The van der Waals surface area contributed by atoms with Gasteiger partial charge in [0.05, 0.1) is 30.2 Å². The minimum absolute atomic E-state index is 0.0672. The fourth-order valence-electron chi connectivity index (χ4n) is 2.74. The van der Waals surface area contributed by atoms with Crippen LogP contribution in [-0.4, -0.2) is 56.6 Å². The van der Waals surface area contributed by atoms with Gasteiger partial charge in [-0.3, -0.25) is 4.99 Å². The molecule has 1 fully saturated rings. The van der Waals surface area contributed by atoms with E-state index >= 15 is 0 Å². The molecule has 3 rings (SSSR count). The monoisotopic (exact) mass is 326 g/mol. The smallest absolute Gasteiger partial charge is 0.164 e. The lowest BCUT2D eigenvalue weighted by molar-refractivity contribution is 0.219. The molecule has 0 bridgehead atoms. The second-order valence-corrected chi connectivity index (χ2v) is 8.39. The molecule has 0 amide bonds. The first-order valence-corrected chi connectivity index (χ1v) is 9.66. The third-order valence-corrected chi connectivity index (χ3v) is 6.29. The molecule has 2 atom stereocenters. The highest BCUT2D eigenvalue weighted by Crippen LogP contribution is 2.34. The zero-order chi connectivity index (χ0) is 14.9. The molecular weight excluding hydrogens is 308 g/mol. The van der Waals surface area contributed by atoms with E-state index < -0.39 is 9.84 Å². The number of ether oxygens (including phenoxy) is 1. The maximum Gasteiger partial charge on any atom is 0.164 e. The van der Waals surface area contributed by atoms with Crippen LogP contribution in [0.2, 0.25) is 0 Å². The molecule has 1 aromatic rings. The van der Waals surface area contributed by atoms with E-state index in [4.69, 9.17) is 4.74 Å². The standard InChI is InChI=1S/C14H18N2O3S2/c1-19-7-8-20-14-15-12-9-21(17,18)10-13(12)16(14)11-5-3-2-4-6-11/h2-6,12-13H,7-10H2,1H3/t12-,13+/m0/s1. The van der Waals surface area contributed by atoms with Crippen molar-refractivity contribution in [1.29, 1.82) is 0 Å². The molecule has 0 aliphatic carbocycles. The third-order valence-electron chi connectivity index (χ3n) is 3.66. The number of anilines is 1. The Bertz CT molecular complexity index is 631. The lowest BCUT2D eigenvalue weighted by Crippen LogP contribution is -2.39. The Morgan fingerprint density at radius 3 is 2.81 bits per heavy atom. The number of rotatable bonds is 4. The molecule has 0 aromatic heterocycles. The van der Waals surface area contributed by atoms with Crippen LogP contribution in [0.4, 0.5) is 5.69 Å². The van der Waals surface area contributed by atoms with Crippen molar-refractivity contribution < 1.29 is 13.2 Å². The number of benzene rings is 1. The van der Waals surface area contributed by atoms with Gasteiger partial charge in [0.15, 0.2) is 15.0 Å². The Morgan fingerprint density at radius 1 is 1.33 bits per heavy atom. The zero-order valence-corrected chi connectivity index (χ0v) is 13.4. The summed E-state index contributed by atoms with van der Waals surface area (Å²) in [6, 6.07) is 9.67. The van der Waals surface area contributed by atoms with Crippen LogP contribution >= 0.6 is 11.8 Å². The van der Waals surface area contributed by atoms with Crippen molar-refractivity contribution in [3.8, 4) is 0 Å². The molecule has 0 N–H and O–H groups in total. The quantitative estimate of drug-likeness (QED) is 0.783. The molecule has 1 saturated heterocycles. The number of sulfone groups is 1. The van der Waals surface area contributed by atoms with Crippen molar-refractivity contribution in [2.24, 2.45) is 4.99 Å². The Hall–Kier alpha value is -1.05. The summed E-state index contributed by atoms with van der Waals surface area (Å²) in [5, 5.41) is 0.906. The molecule has 114 valence electrons. The van der Waals surface area contributed by atoms with Crippen molar-refractivity contribution in [2.75, 3.05) is 35.9 Å². The number of nitrogens with zero attached hydrogens (tertiary/aromatic N) is 2. The van der Waals surface area contributed by atoms with Gasteiger partial charge >= 0.3 is 0 Å². The van der Waals surface area contributed by atoms with E-state index in [1.807, 2.05) is 30.3 Å². The van der Waals surface area contributed by atoms with Crippen molar-refractivity contribution in [2.45, 2.75) is 12.1 Å². The van der Waals surface area contributed by atoms with Crippen molar-refractivity contribution in [3.63, 3.8) is 0 Å². The van der Waals surface area contributed by atoms with Gasteiger partial charge in [0.1, 0.15) is 0 Å². The van der Waals surface area contributed by atoms with Gasteiger partial charge in [-0.2, -0.15) is 0 Å². The highest BCUT2D eigenvalue weighted by atomic mass is 32.2. The summed E-state index contributed by atoms with van der Waals surface area (Å²) in [4.78, 5) is 6.73. The van der Waals surface area contributed by atoms with E-state index in [1.54, 1.807) is 18.9 Å². The summed E-state index contributed by atoms with van der Waals surface area (Å²) in [6.07, 6.45) is 0. The van der Waals surface area contributed by atoms with Gasteiger partial charge in [0, 0.05) is 18.6 Å². The van der Waals surface area contributed by atoms with Gasteiger partial charge in [-0.15, -0.1) is 0 Å². The second kappa shape index (κ2) is 5.98. The lowest BCUT2D eigenvalue weighted by atomic mass is 10.1. The summed E-state index contributed by atoms with van der Waals surface area (Å²) in [5.74, 6) is 1.16. The maximum atomic E-state index is 11.9. The minimum atomic E-state index is -2.98. The first-order valence-electron chi connectivity index (χ1n) is 6.85. The van der Waals surface area contributed by atoms with Crippen LogP contribution in [0, 0.1) is 0 Å². The molecule has 0 saturated carbocycles. The minimum Gasteiger partial charge on any atom is -0.384 e. The average Bonchev–Trinajstić information content (AvgIpc) is 2.91. The summed E-state index contributed by atoms with van der Waals surface area (Å²) < 4.78 is 28.8. The largest absolute Gasteiger partial charge is 0.384 e. The Balaban J connectivity index is 1.87. The molecule has 21 heavy (non-hydrogen) atoms. The van der Waals surface area contributed by atoms with Crippen LogP contribution in [-0.2, 0) is 14.6 Å². The molecular formula is C14H18N2O3S2. The van der Waals surface area contributed by atoms with Crippen LogP contribution < -0.4 is 4.90 Å². The molecule has 5 nitrogen and oxygen atoms in total. The topological polar surface area (TPSA) is 59.0 Å². The Labute approximate surface area is 129 Å². The molecule has 7 heteroatoms. The van der Waals surface area contributed by atoms with E-state index in [1.165, 1.54) is 0 Å². The third kappa shape index (κ3) is 3.09. The summed E-state index contributed by atoms with van der Waals surface area (Å²) in [6.45, 7) is 0.653. The van der Waals surface area contributed by atoms with Crippen molar-refractivity contribution >= 4 is 32.5 Å². The van der Waals surface area contributed by atoms with Gasteiger partial charge < -0.3 is 9.64 Å². The van der Waals surface area contributed by atoms with E-state index in [9.17, 15) is 8.42 Å². The molecule has 0 radical (unpaired) electrons. The maximum absolute atomic E-state index is 11.9. The van der Waals surface area contributed by atoms with Crippen LogP contribution in [0.1, 0.15) is 0 Å². The van der Waals surface area contributed by atoms with Gasteiger partial charge in [0.25, 0.3) is 0 Å². The number of thioether (sulfide) groups is 1. The van der Waals surface area contributed by atoms with Gasteiger partial charge in [-0.25, -0.2) is 8.42 Å². The molecule has 0 spiro atoms. The van der Waals surface area contributed by atoms with Crippen LogP contribution in [0.25, 0.3) is 0 Å². The zero-order valence-electron chi connectivity index (χ0n) is 11.8. The SMILES string of the molecule is COCCSC1=N[C@H]2CS(=O)(=O)C[C@H]2N1c1ccccc1. The summed E-state index contributed by atoms with van der Waals surface area (Å²) >= 11 is 1.62. The predicted molar refractivity (Wildman–Crippen MR) is 86.9 cm³/mol. The van der Waals surface area contributed by atoms with E-state index in [0.717, 1.165) is 16.6 Å². The van der Waals surface area contributed by atoms with Crippen LogP contribution in [0.15, 0.2) is 35.3 Å². The fraction of sp³-hybridized carbons (Fsp3) is 0.500. The molecule has 2 aliphatic rings. The summed E-state index contributed by atoms with van der Waals surface area (Å²) in [7, 11) is -1.30. The van der Waals surface area contributed by atoms with E-state index in [-0.39, 0.29) is 23.6 Å². The van der Waals surface area contributed by atoms with E-state index in [0.29, 0.717) is 6.61 Å². The number of hydrogen-bond acceptors (Lipinski definition) is 6. The molecule has 2 heterocycles. The summed E-state index contributed by atoms with van der Waals surface area (Å²) in [5.41, 5.74) is 1.01. The molecule has 0 unspecified atom stereocenters. The highest BCUT2D eigenvalue weighted by molar-refractivity contribution is 8.14. The average molecular weight is 326 g/mol. The highest BCUT2D eigenvalue weighted by Gasteiger charge is 2.46. The Morgan fingerprint density at radius 2 is 2.10 bits per heavy atom. The van der Waals surface area contributed by atoms with Gasteiger partial charge in [-0.05, 0) is 12.1 Å². The predicted octanol–water partition coefficient (Wildman–Crippen LogP) is 1.41. The lowest BCUT2D eigenvalue weighted by Gasteiger charge is -2.26. The number of amidine groups is 1. The number of para-hydroxylation sites is 1. The second-order valence-electron chi connectivity index (χ2n) is 5.17. The first kappa shape index (κ1) is 14.9. The number of hydrogen-bond donors (Lipinski definition) is 0. The van der Waals surface area contributed by atoms with Crippen molar-refractivity contribution in [3.05, 3.63) is 30.3 Å². The van der Waals surface area contributed by atoms with Gasteiger partial charge in [-0.1, -0.05) is 30.0 Å². The van der Waals surface area contributed by atoms with Crippen molar-refractivity contribution in [1.82, 2.24) is 0 Å². The molecule has 1 aromatic carbocycles. The van der Waals surface area contributed by atoms with E-state index in [2.05, 4.69) is 9.89 Å². The normalized spacial score (nSPS) is 26.7. The first-order chi connectivity index (χ1) is 10.1. The van der Waals surface area contributed by atoms with Crippen LogP contribution in [0.5, 0.6) is 0 Å². The molecule has 2 aliphatic heterocycles. The van der Waals surface area contributed by atoms with Crippen LogP contribution in [0.3, 0.4) is 0 Å². The number of fused-ring (bicyclic) bond motifs is 1. The number of aliphatic imine (C=N–C) groups is 1. The van der Waals surface area contributed by atoms with Gasteiger partial charge in [0.2, 0.25) is 0 Å².